The summed E-state index contributed by atoms with van der Waals surface area (Å²) in [5.74, 6) is -1.28. The van der Waals surface area contributed by atoms with Crippen molar-refractivity contribution in [2.45, 2.75) is 20.8 Å². The average Bonchev–Trinajstić information content (AvgIpc) is 2.11. The Kier molecular flexibility index (Phi) is 2.38. The van der Waals surface area contributed by atoms with Crippen LogP contribution in [-0.4, -0.2) is 17.3 Å². The van der Waals surface area contributed by atoms with Gasteiger partial charge in [0.1, 0.15) is 0 Å². The van der Waals surface area contributed by atoms with Crippen molar-refractivity contribution in [2.24, 2.45) is 5.73 Å². The second-order valence-corrected chi connectivity index (χ2v) is 3.25. The molecule has 4 nitrogen and oxygen atoms in total. The number of hydrogen-bond donors (Lipinski definition) is 1. The van der Waals surface area contributed by atoms with Gasteiger partial charge in [0, 0.05) is 11.1 Å². The van der Waals surface area contributed by atoms with Gasteiger partial charge in [-0.2, -0.15) is 0 Å². The number of carbonyl (C=O) groups excluding carboxylic acids is 3. The summed E-state index contributed by atoms with van der Waals surface area (Å²) >= 11 is 0. The third kappa shape index (κ3) is 1.28. The van der Waals surface area contributed by atoms with E-state index in [-0.39, 0.29) is 28.2 Å². The highest BCUT2D eigenvalue weighted by molar-refractivity contribution is 6.34. The topological polar surface area (TPSA) is 77.2 Å². The molecule has 74 valence electrons. The molecule has 0 aromatic carbocycles. The second kappa shape index (κ2) is 3.21. The van der Waals surface area contributed by atoms with E-state index >= 15 is 0 Å². The minimum atomic E-state index is -0.535. The van der Waals surface area contributed by atoms with Crippen LogP contribution in [0.1, 0.15) is 20.8 Å². The van der Waals surface area contributed by atoms with E-state index in [4.69, 9.17) is 5.73 Å². The van der Waals surface area contributed by atoms with Gasteiger partial charge in [-0.15, -0.1) is 0 Å². The van der Waals surface area contributed by atoms with Crippen molar-refractivity contribution < 1.29 is 14.4 Å². The molecule has 1 aliphatic carbocycles. The first-order valence-electron chi connectivity index (χ1n) is 4.15. The van der Waals surface area contributed by atoms with Crippen molar-refractivity contribution in [3.8, 4) is 0 Å². The van der Waals surface area contributed by atoms with Gasteiger partial charge in [0.15, 0.2) is 11.6 Å². The highest BCUT2D eigenvalue weighted by Crippen LogP contribution is 2.22. The largest absolute Gasteiger partial charge is 0.395 e. The van der Waals surface area contributed by atoms with Crippen molar-refractivity contribution in [1.29, 1.82) is 0 Å². The molecule has 0 saturated heterocycles. The Balaban J connectivity index is 3.41. The molecule has 4 heteroatoms. The zero-order chi connectivity index (χ0) is 11.0. The lowest BCUT2D eigenvalue weighted by Crippen LogP contribution is -2.29. The van der Waals surface area contributed by atoms with Crippen molar-refractivity contribution in [3.05, 3.63) is 22.4 Å². The molecule has 0 unspecified atom stereocenters. The van der Waals surface area contributed by atoms with E-state index < -0.39 is 11.6 Å². The summed E-state index contributed by atoms with van der Waals surface area (Å²) in [4.78, 5) is 34.1. The van der Waals surface area contributed by atoms with Crippen LogP contribution in [0.25, 0.3) is 0 Å². The molecule has 0 bridgehead atoms. The third-order valence-corrected chi connectivity index (χ3v) is 2.28. The van der Waals surface area contributed by atoms with E-state index in [1.54, 1.807) is 0 Å². The molecule has 2 N–H and O–H groups in total. The maximum atomic E-state index is 11.5. The molecule has 0 aliphatic heterocycles. The number of nitrogens with two attached hydrogens (primary N) is 1. The van der Waals surface area contributed by atoms with Gasteiger partial charge in [0.2, 0.25) is 5.78 Å². The molecule has 1 rings (SSSR count). The molecular formula is C10H11NO3. The molecule has 1 aliphatic rings. The van der Waals surface area contributed by atoms with Crippen LogP contribution in [0.5, 0.6) is 0 Å². The van der Waals surface area contributed by atoms with Gasteiger partial charge in [-0.05, 0) is 20.8 Å². The lowest BCUT2D eigenvalue weighted by molar-refractivity contribution is -0.121. The summed E-state index contributed by atoms with van der Waals surface area (Å²) in [6, 6.07) is 0. The van der Waals surface area contributed by atoms with E-state index in [0.717, 1.165) is 0 Å². The Morgan fingerprint density at radius 3 is 2.00 bits per heavy atom. The van der Waals surface area contributed by atoms with E-state index in [1.807, 2.05) is 0 Å². The summed E-state index contributed by atoms with van der Waals surface area (Å²) in [5.41, 5.74) is 5.63. The first-order chi connectivity index (χ1) is 6.37. The van der Waals surface area contributed by atoms with Crippen molar-refractivity contribution in [3.63, 3.8) is 0 Å². The minimum absolute atomic E-state index is 0.0851. The van der Waals surface area contributed by atoms with Crippen LogP contribution in [0.3, 0.4) is 0 Å². The maximum Gasteiger partial charge on any atom is 0.213 e. The predicted octanol–water partition coefficient (Wildman–Crippen LogP) is 0.276. The lowest BCUT2D eigenvalue weighted by Gasteiger charge is -2.15. The Labute approximate surface area is 81.5 Å². The Morgan fingerprint density at radius 2 is 1.57 bits per heavy atom. The van der Waals surface area contributed by atoms with Crippen LogP contribution < -0.4 is 5.73 Å². The van der Waals surface area contributed by atoms with Crippen LogP contribution in [0, 0.1) is 0 Å². The maximum absolute atomic E-state index is 11.5. The summed E-state index contributed by atoms with van der Waals surface area (Å²) in [7, 11) is 0. The number of carbonyl (C=O) groups is 3. The second-order valence-electron chi connectivity index (χ2n) is 3.25. The average molecular weight is 193 g/mol. The Hall–Kier alpha value is -1.71. The minimum Gasteiger partial charge on any atom is -0.395 e. The first kappa shape index (κ1) is 10.4. The summed E-state index contributed by atoms with van der Waals surface area (Å²) in [6.07, 6.45) is 0. The number of rotatable bonds is 1. The molecular weight excluding hydrogens is 182 g/mol. The number of Topliss-reactive ketones (excluding diaryl/α,β-unsaturated/α-hetero) is 3. The van der Waals surface area contributed by atoms with Crippen molar-refractivity contribution >= 4 is 17.3 Å². The van der Waals surface area contributed by atoms with Gasteiger partial charge < -0.3 is 5.73 Å². The predicted molar refractivity (Wildman–Crippen MR) is 50.3 cm³/mol. The zero-order valence-electron chi connectivity index (χ0n) is 8.30. The van der Waals surface area contributed by atoms with Crippen LogP contribution in [-0.2, 0) is 14.4 Å². The smallest absolute Gasteiger partial charge is 0.213 e. The van der Waals surface area contributed by atoms with E-state index in [2.05, 4.69) is 0 Å². The molecule has 0 radical (unpaired) electrons. The molecule has 14 heavy (non-hydrogen) atoms. The van der Waals surface area contributed by atoms with Gasteiger partial charge in [-0.25, -0.2) is 0 Å². The highest BCUT2D eigenvalue weighted by Gasteiger charge is 2.30. The standard InChI is InChI=1S/C10H11NO3/c1-4-7(6(3)12)10(14)8(11)5(2)9(4)13/h11H2,1-3H3. The van der Waals surface area contributed by atoms with Gasteiger partial charge in [-0.3, -0.25) is 14.4 Å². The fourth-order valence-electron chi connectivity index (χ4n) is 1.42. The number of ketones is 3. The molecule has 0 aromatic heterocycles. The quantitative estimate of drug-likeness (QED) is 0.479. The normalized spacial score (nSPS) is 17.9. The van der Waals surface area contributed by atoms with Crippen molar-refractivity contribution in [1.82, 2.24) is 0 Å². The molecule has 0 heterocycles. The molecule has 0 spiro atoms. The fourth-order valence-corrected chi connectivity index (χ4v) is 1.42. The van der Waals surface area contributed by atoms with Gasteiger partial charge >= 0.3 is 0 Å². The van der Waals surface area contributed by atoms with Crippen LogP contribution in [0.4, 0.5) is 0 Å². The zero-order valence-corrected chi connectivity index (χ0v) is 8.30. The summed E-state index contributed by atoms with van der Waals surface area (Å²) in [5, 5.41) is 0. The Morgan fingerprint density at radius 1 is 1.07 bits per heavy atom. The van der Waals surface area contributed by atoms with Gasteiger partial charge in [-0.1, -0.05) is 0 Å². The SMILES string of the molecule is CC(=O)C1=C(C)C(=O)C(C)=C(N)C1=O. The van der Waals surface area contributed by atoms with E-state index in [1.165, 1.54) is 20.8 Å². The fraction of sp³-hybridized carbons (Fsp3) is 0.300. The van der Waals surface area contributed by atoms with E-state index in [0.29, 0.717) is 0 Å². The first-order valence-corrected chi connectivity index (χ1v) is 4.15. The van der Waals surface area contributed by atoms with Crippen molar-refractivity contribution in [2.75, 3.05) is 0 Å². The summed E-state index contributed by atoms with van der Waals surface area (Å²) < 4.78 is 0. The third-order valence-electron chi connectivity index (χ3n) is 2.28. The summed E-state index contributed by atoms with van der Waals surface area (Å²) in [6.45, 7) is 4.20. The van der Waals surface area contributed by atoms with Crippen LogP contribution in [0.15, 0.2) is 22.4 Å². The van der Waals surface area contributed by atoms with Crippen LogP contribution in [0.2, 0.25) is 0 Å². The molecule has 0 atom stereocenters. The molecule has 0 fully saturated rings. The monoisotopic (exact) mass is 193 g/mol. The highest BCUT2D eigenvalue weighted by atomic mass is 16.2. The lowest BCUT2D eigenvalue weighted by atomic mass is 9.87. The number of hydrogen-bond acceptors (Lipinski definition) is 4. The molecule has 0 amide bonds. The number of allylic oxidation sites excluding steroid dienone is 3. The van der Waals surface area contributed by atoms with Gasteiger partial charge in [0.25, 0.3) is 0 Å². The van der Waals surface area contributed by atoms with Gasteiger partial charge in [0.05, 0.1) is 11.3 Å². The van der Waals surface area contributed by atoms with Crippen LogP contribution >= 0.6 is 0 Å². The van der Waals surface area contributed by atoms with E-state index in [9.17, 15) is 14.4 Å². The Bertz CT molecular complexity index is 413. The molecule has 0 saturated carbocycles. The molecule has 0 aromatic rings.